The molecule has 0 aromatic carbocycles. The summed E-state index contributed by atoms with van der Waals surface area (Å²) in [6.45, 7) is 1.50. The van der Waals surface area contributed by atoms with Gasteiger partial charge in [0.15, 0.2) is 0 Å². The standard InChI is InChI=1S/C13H14FIN2O7/c1-7(18)23-10-12(14,5-15)22-6-13(10,24-8(2)19)17-4-3-9(20)16-11(17)21/h3-4,10H,5-6H2,1-2H3,(H,16,20,21)/t10-,12-,13+/m1/s1. The average molecular weight is 456 g/mol. The Morgan fingerprint density at radius 1 is 1.46 bits per heavy atom. The maximum Gasteiger partial charge on any atom is 0.331 e. The molecule has 1 aliphatic heterocycles. The maximum atomic E-state index is 15.0. The zero-order valence-corrected chi connectivity index (χ0v) is 14.9. The first kappa shape index (κ1) is 18.6. The molecule has 1 N–H and O–H groups in total. The van der Waals surface area contributed by atoms with Crippen molar-refractivity contribution < 1.29 is 28.2 Å². The fourth-order valence-electron chi connectivity index (χ4n) is 2.46. The molecule has 0 amide bonds. The van der Waals surface area contributed by atoms with Crippen LogP contribution in [0.4, 0.5) is 4.39 Å². The second kappa shape index (κ2) is 6.63. The van der Waals surface area contributed by atoms with Crippen LogP contribution in [-0.2, 0) is 29.5 Å². The number of alkyl halides is 2. The number of nitrogens with one attached hydrogen (secondary N) is 1. The first-order valence-electron chi connectivity index (χ1n) is 6.73. The van der Waals surface area contributed by atoms with Crippen molar-refractivity contribution in [2.24, 2.45) is 0 Å². The quantitative estimate of drug-likeness (QED) is 0.380. The number of hydrogen-bond acceptors (Lipinski definition) is 7. The van der Waals surface area contributed by atoms with Crippen molar-refractivity contribution in [3.8, 4) is 0 Å². The van der Waals surface area contributed by atoms with Crippen LogP contribution in [0, 0.1) is 0 Å². The van der Waals surface area contributed by atoms with Crippen LogP contribution < -0.4 is 11.2 Å². The van der Waals surface area contributed by atoms with E-state index in [2.05, 4.69) is 0 Å². The average Bonchev–Trinajstić information content (AvgIpc) is 2.73. The highest BCUT2D eigenvalue weighted by molar-refractivity contribution is 14.1. The minimum absolute atomic E-state index is 0.260. The van der Waals surface area contributed by atoms with Crippen molar-refractivity contribution >= 4 is 34.5 Å². The predicted molar refractivity (Wildman–Crippen MR) is 85.3 cm³/mol. The van der Waals surface area contributed by atoms with Crippen LogP contribution in [0.2, 0.25) is 0 Å². The van der Waals surface area contributed by atoms with E-state index in [9.17, 15) is 19.2 Å². The number of ether oxygens (including phenoxy) is 3. The second-order valence-electron chi connectivity index (χ2n) is 5.12. The highest BCUT2D eigenvalue weighted by Gasteiger charge is 2.65. The third-order valence-corrected chi connectivity index (χ3v) is 4.38. The fourth-order valence-corrected chi connectivity index (χ4v) is 3.08. The Balaban J connectivity index is 2.69. The summed E-state index contributed by atoms with van der Waals surface area (Å²) in [5.74, 6) is -4.20. The molecular weight excluding hydrogens is 442 g/mol. The second-order valence-corrected chi connectivity index (χ2v) is 5.88. The largest absolute Gasteiger partial charge is 0.450 e. The molecule has 132 valence electrons. The van der Waals surface area contributed by atoms with Crippen molar-refractivity contribution in [3.05, 3.63) is 33.1 Å². The molecule has 0 radical (unpaired) electrons. The molecule has 24 heavy (non-hydrogen) atoms. The van der Waals surface area contributed by atoms with Gasteiger partial charge in [0.05, 0.1) is 4.43 Å². The molecule has 1 fully saturated rings. The lowest BCUT2D eigenvalue weighted by Crippen LogP contribution is -2.58. The van der Waals surface area contributed by atoms with Gasteiger partial charge >= 0.3 is 17.6 Å². The summed E-state index contributed by atoms with van der Waals surface area (Å²) in [5, 5.41) is 0. The van der Waals surface area contributed by atoms with Crippen molar-refractivity contribution in [1.29, 1.82) is 0 Å². The van der Waals surface area contributed by atoms with Gasteiger partial charge in [0.1, 0.15) is 6.61 Å². The summed E-state index contributed by atoms with van der Waals surface area (Å²) in [4.78, 5) is 48.3. The molecule has 3 atom stereocenters. The highest BCUT2D eigenvalue weighted by Crippen LogP contribution is 2.43. The van der Waals surface area contributed by atoms with Gasteiger partial charge < -0.3 is 14.2 Å². The van der Waals surface area contributed by atoms with Gasteiger partial charge in [-0.25, -0.2) is 9.18 Å². The monoisotopic (exact) mass is 456 g/mol. The number of carbonyl (C=O) groups is 2. The van der Waals surface area contributed by atoms with E-state index in [1.54, 1.807) is 22.6 Å². The number of rotatable bonds is 4. The Kier molecular flexibility index (Phi) is 5.13. The van der Waals surface area contributed by atoms with Gasteiger partial charge in [-0.15, -0.1) is 0 Å². The molecule has 1 aliphatic rings. The van der Waals surface area contributed by atoms with Gasteiger partial charge in [0.25, 0.3) is 17.1 Å². The fraction of sp³-hybridized carbons (Fsp3) is 0.538. The molecule has 0 aliphatic carbocycles. The van der Waals surface area contributed by atoms with Crippen molar-refractivity contribution in [1.82, 2.24) is 9.55 Å². The van der Waals surface area contributed by atoms with Crippen LogP contribution in [0.25, 0.3) is 0 Å². The van der Waals surface area contributed by atoms with E-state index in [4.69, 9.17) is 14.2 Å². The number of esters is 2. The molecule has 0 unspecified atom stereocenters. The Morgan fingerprint density at radius 2 is 2.12 bits per heavy atom. The number of carbonyl (C=O) groups excluding carboxylic acids is 2. The van der Waals surface area contributed by atoms with Crippen LogP contribution in [0.1, 0.15) is 13.8 Å². The first-order valence-corrected chi connectivity index (χ1v) is 8.25. The summed E-state index contributed by atoms with van der Waals surface area (Å²) in [5.41, 5.74) is -3.75. The van der Waals surface area contributed by atoms with E-state index in [1.807, 2.05) is 4.98 Å². The summed E-state index contributed by atoms with van der Waals surface area (Å²) >= 11 is 1.67. The SMILES string of the molecule is CC(=O)O[C@@H]1[C@@](F)(CI)OC[C@@]1(OC(C)=O)n1ccc(=O)[nH]c1=O. The molecular formula is C13H14FIN2O7. The smallest absolute Gasteiger partial charge is 0.331 e. The van der Waals surface area contributed by atoms with E-state index in [0.717, 1.165) is 30.7 Å². The van der Waals surface area contributed by atoms with Crippen LogP contribution in [0.5, 0.6) is 0 Å². The molecule has 0 bridgehead atoms. The number of aromatic nitrogens is 2. The molecule has 1 saturated heterocycles. The van der Waals surface area contributed by atoms with Gasteiger partial charge in [-0.05, 0) is 0 Å². The third kappa shape index (κ3) is 3.22. The van der Waals surface area contributed by atoms with E-state index in [0.29, 0.717) is 0 Å². The number of hydrogen-bond donors (Lipinski definition) is 1. The van der Waals surface area contributed by atoms with Crippen LogP contribution in [-0.4, -0.2) is 44.5 Å². The lowest BCUT2D eigenvalue weighted by molar-refractivity contribution is -0.210. The third-order valence-electron chi connectivity index (χ3n) is 3.34. The van der Waals surface area contributed by atoms with Crippen LogP contribution in [0.3, 0.4) is 0 Å². The molecule has 1 aromatic heterocycles. The minimum atomic E-state index is -2.49. The van der Waals surface area contributed by atoms with Crippen molar-refractivity contribution in [3.63, 3.8) is 0 Å². The zero-order valence-electron chi connectivity index (χ0n) is 12.7. The van der Waals surface area contributed by atoms with Crippen molar-refractivity contribution in [2.45, 2.75) is 31.5 Å². The van der Waals surface area contributed by atoms with E-state index >= 15 is 4.39 Å². The van der Waals surface area contributed by atoms with Crippen molar-refractivity contribution in [2.75, 3.05) is 11.0 Å². The van der Waals surface area contributed by atoms with E-state index < -0.39 is 47.5 Å². The van der Waals surface area contributed by atoms with Gasteiger partial charge in [-0.3, -0.25) is 23.9 Å². The predicted octanol–water partition coefficient (Wildman–Crippen LogP) is -0.185. The highest BCUT2D eigenvalue weighted by atomic mass is 127. The van der Waals surface area contributed by atoms with Gasteiger partial charge in [0, 0.05) is 26.1 Å². The number of nitrogens with zero attached hydrogens (tertiary/aromatic N) is 1. The zero-order chi connectivity index (χ0) is 18.1. The number of H-pyrrole nitrogens is 1. The number of halogens is 2. The number of aromatic amines is 1. The molecule has 0 spiro atoms. The first-order chi connectivity index (χ1) is 11.1. The summed E-state index contributed by atoms with van der Waals surface area (Å²) in [6.07, 6.45) is -0.727. The lowest BCUT2D eigenvalue weighted by atomic mass is 10.0. The summed E-state index contributed by atoms with van der Waals surface area (Å²) < 4.78 is 30.8. The van der Waals surface area contributed by atoms with Crippen LogP contribution in [0.15, 0.2) is 21.9 Å². The van der Waals surface area contributed by atoms with E-state index in [1.165, 1.54) is 0 Å². The van der Waals surface area contributed by atoms with Gasteiger partial charge in [0.2, 0.25) is 6.10 Å². The summed E-state index contributed by atoms with van der Waals surface area (Å²) in [6, 6.07) is 0.986. The molecule has 0 saturated carbocycles. The molecule has 2 rings (SSSR count). The Morgan fingerprint density at radius 3 is 2.62 bits per heavy atom. The van der Waals surface area contributed by atoms with E-state index in [-0.39, 0.29) is 4.43 Å². The van der Waals surface area contributed by atoms with Gasteiger partial charge in [-0.2, -0.15) is 0 Å². The molecule has 11 heteroatoms. The van der Waals surface area contributed by atoms with Gasteiger partial charge in [-0.1, -0.05) is 22.6 Å². The lowest BCUT2D eigenvalue weighted by Gasteiger charge is -2.35. The maximum absolute atomic E-state index is 15.0. The Bertz CT molecular complexity index is 778. The summed E-state index contributed by atoms with van der Waals surface area (Å²) in [7, 11) is 0. The normalized spacial score (nSPS) is 29.2. The topological polar surface area (TPSA) is 117 Å². The minimum Gasteiger partial charge on any atom is -0.450 e. The Hall–Kier alpha value is -1.76. The van der Waals surface area contributed by atoms with Crippen LogP contribution >= 0.6 is 22.6 Å². The molecule has 1 aromatic rings. The molecule has 9 nitrogen and oxygen atoms in total. The molecule has 2 heterocycles. The Labute approximate surface area is 148 Å².